The van der Waals surface area contributed by atoms with Crippen molar-refractivity contribution in [1.29, 1.82) is 0 Å². The van der Waals surface area contributed by atoms with Gasteiger partial charge in [0.1, 0.15) is 29.4 Å². The zero-order chi connectivity index (χ0) is 28.5. The Morgan fingerprint density at radius 3 is 2.56 bits per heavy atom. The number of carbonyl (C=O) groups is 4. The van der Waals surface area contributed by atoms with Crippen LogP contribution < -0.4 is 10.6 Å². The van der Waals surface area contributed by atoms with Crippen LogP contribution in [0.15, 0.2) is 34.2 Å². The van der Waals surface area contributed by atoms with Gasteiger partial charge in [-0.05, 0) is 56.0 Å². The van der Waals surface area contributed by atoms with Gasteiger partial charge in [-0.25, -0.2) is 0 Å². The lowest BCUT2D eigenvalue weighted by Gasteiger charge is -2.28. The van der Waals surface area contributed by atoms with Gasteiger partial charge < -0.3 is 20.1 Å². The van der Waals surface area contributed by atoms with Crippen LogP contribution in [-0.2, 0) is 20.8 Å². The van der Waals surface area contributed by atoms with Gasteiger partial charge in [0.2, 0.25) is 11.8 Å². The van der Waals surface area contributed by atoms with E-state index in [-0.39, 0.29) is 30.7 Å². The van der Waals surface area contributed by atoms with Crippen molar-refractivity contribution in [1.82, 2.24) is 20.7 Å². The Morgan fingerprint density at radius 2 is 1.90 bits per heavy atom. The van der Waals surface area contributed by atoms with Gasteiger partial charge in [-0.1, -0.05) is 23.4 Å². The van der Waals surface area contributed by atoms with E-state index in [4.69, 9.17) is 4.52 Å². The zero-order valence-corrected chi connectivity index (χ0v) is 22.2. The highest BCUT2D eigenvalue weighted by molar-refractivity contribution is 7.17. The van der Waals surface area contributed by atoms with Crippen molar-refractivity contribution in [2.45, 2.75) is 64.3 Å². The molecule has 3 amide bonds. The molecule has 3 aromatic rings. The average Bonchev–Trinajstić information content (AvgIpc) is 3.61. The zero-order valence-electron chi connectivity index (χ0n) is 21.4. The minimum atomic E-state index is -5.16. The maximum Gasteiger partial charge on any atom is 0.452 e. The molecule has 208 valence electrons. The molecule has 0 spiro atoms. The molecule has 1 fully saturated rings. The van der Waals surface area contributed by atoms with E-state index in [1.54, 1.807) is 37.4 Å². The maximum atomic E-state index is 13.5. The van der Waals surface area contributed by atoms with Crippen LogP contribution in [0.1, 0.15) is 47.1 Å². The molecule has 13 heteroatoms. The number of aromatic nitrogens is 1. The first-order valence-electron chi connectivity index (χ1n) is 12.3. The van der Waals surface area contributed by atoms with Gasteiger partial charge in [-0.2, -0.15) is 13.2 Å². The van der Waals surface area contributed by atoms with E-state index in [0.29, 0.717) is 23.1 Å². The predicted molar refractivity (Wildman–Crippen MR) is 136 cm³/mol. The smallest absolute Gasteiger partial charge is 0.361 e. The number of thiophene rings is 1. The summed E-state index contributed by atoms with van der Waals surface area (Å²) in [6.45, 7) is 4.76. The fraction of sp³-hybridized carbons (Fsp3) is 0.423. The first-order valence-corrected chi connectivity index (χ1v) is 13.2. The molecule has 0 radical (unpaired) electrons. The second-order valence-electron chi connectivity index (χ2n) is 9.47. The van der Waals surface area contributed by atoms with Crippen LogP contribution in [0, 0.1) is 13.8 Å². The number of likely N-dealkylation sites (tertiary alicyclic amines) is 1. The normalized spacial score (nSPS) is 17.2. The van der Waals surface area contributed by atoms with Gasteiger partial charge in [-0.3, -0.25) is 19.2 Å². The van der Waals surface area contributed by atoms with E-state index < -0.39 is 47.8 Å². The molecule has 1 aliphatic heterocycles. The number of hydrogen-bond acceptors (Lipinski definition) is 7. The number of benzene rings is 1. The fourth-order valence-electron chi connectivity index (χ4n) is 4.78. The monoisotopic (exact) mass is 564 g/mol. The highest BCUT2D eigenvalue weighted by atomic mass is 32.1. The SMILES string of the molecule is Cc1noc(C)c1C(=O)N[C@@H](C)C(=O)N1CCC[C@H]1C(=O)NC(Cc1csc2ccccc12)C(=O)C(F)(F)F. The highest BCUT2D eigenvalue weighted by Crippen LogP contribution is 2.29. The molecule has 2 aromatic heterocycles. The summed E-state index contributed by atoms with van der Waals surface area (Å²) in [6, 6.07) is 3.12. The van der Waals surface area contributed by atoms with E-state index in [9.17, 15) is 32.3 Å². The Labute approximate surface area is 225 Å². The van der Waals surface area contributed by atoms with Gasteiger partial charge in [-0.15, -0.1) is 11.3 Å². The summed E-state index contributed by atoms with van der Waals surface area (Å²) in [5.74, 6) is -3.79. The van der Waals surface area contributed by atoms with Gasteiger partial charge in [0.15, 0.2) is 0 Å². The summed E-state index contributed by atoms with van der Waals surface area (Å²) in [6.07, 6.45) is -4.87. The Hall–Kier alpha value is -3.74. The molecule has 3 heterocycles. The van der Waals surface area contributed by atoms with Gasteiger partial charge >= 0.3 is 6.18 Å². The molecule has 1 aliphatic rings. The predicted octanol–water partition coefficient (Wildman–Crippen LogP) is 3.47. The van der Waals surface area contributed by atoms with E-state index in [1.807, 2.05) is 6.07 Å². The molecule has 2 N–H and O–H groups in total. The number of ketones is 1. The van der Waals surface area contributed by atoms with Crippen LogP contribution in [0.25, 0.3) is 10.1 Å². The number of halogens is 3. The quantitative estimate of drug-likeness (QED) is 0.432. The third-order valence-corrected chi connectivity index (χ3v) is 7.73. The first kappa shape index (κ1) is 28.3. The van der Waals surface area contributed by atoms with Crippen molar-refractivity contribution in [3.05, 3.63) is 52.2 Å². The Kier molecular flexibility index (Phi) is 8.09. The Morgan fingerprint density at radius 1 is 1.18 bits per heavy atom. The molecular formula is C26H27F3N4O5S. The van der Waals surface area contributed by atoms with Crippen LogP contribution in [0.4, 0.5) is 13.2 Å². The molecule has 1 unspecified atom stereocenters. The molecule has 9 nitrogen and oxygen atoms in total. The average molecular weight is 565 g/mol. The number of Topliss-reactive ketones (excluding diaryl/α,β-unsaturated/α-hetero) is 1. The summed E-state index contributed by atoms with van der Waals surface area (Å²) >= 11 is 1.33. The number of alkyl halides is 3. The maximum absolute atomic E-state index is 13.5. The van der Waals surface area contributed by atoms with Gasteiger partial charge in [0, 0.05) is 17.7 Å². The Bertz CT molecular complexity index is 1400. The minimum absolute atomic E-state index is 0.176. The lowest BCUT2D eigenvalue weighted by atomic mass is 10.0. The molecular weight excluding hydrogens is 537 g/mol. The lowest BCUT2D eigenvalue weighted by molar-refractivity contribution is -0.173. The molecule has 1 aromatic carbocycles. The number of aryl methyl sites for hydroxylation is 2. The van der Waals surface area contributed by atoms with Crippen LogP contribution in [0.5, 0.6) is 0 Å². The summed E-state index contributed by atoms with van der Waals surface area (Å²) < 4.78 is 46.2. The number of nitrogens with zero attached hydrogens (tertiary/aromatic N) is 2. The molecule has 0 aliphatic carbocycles. The topological polar surface area (TPSA) is 122 Å². The molecule has 4 rings (SSSR count). The van der Waals surface area contributed by atoms with E-state index in [0.717, 1.165) is 4.70 Å². The van der Waals surface area contributed by atoms with Crippen molar-refractivity contribution in [2.75, 3.05) is 6.54 Å². The van der Waals surface area contributed by atoms with Crippen molar-refractivity contribution < 1.29 is 36.9 Å². The molecule has 39 heavy (non-hydrogen) atoms. The second-order valence-corrected chi connectivity index (χ2v) is 10.4. The standard InChI is InChI=1S/C26H27F3N4O5S/c1-13-21(15(3)38-32-13)24(36)30-14(2)25(37)33-10-6-8-19(33)23(35)31-18(22(34)26(27,28)29)11-16-12-39-20-9-5-4-7-17(16)20/h4-5,7,9,12,14,18-19H,6,8,10-11H2,1-3H3,(H,30,36)(H,31,35)/t14-,18?,19-/m0/s1. The number of fused-ring (bicyclic) bond motifs is 1. The van der Waals surface area contributed by atoms with Gasteiger partial charge in [0.25, 0.3) is 11.7 Å². The van der Waals surface area contributed by atoms with E-state index in [2.05, 4.69) is 15.8 Å². The molecule has 3 atom stereocenters. The molecule has 0 bridgehead atoms. The van der Waals surface area contributed by atoms with Crippen LogP contribution >= 0.6 is 11.3 Å². The van der Waals surface area contributed by atoms with Crippen LogP contribution in [-0.4, -0.2) is 64.4 Å². The number of rotatable bonds is 8. The van der Waals surface area contributed by atoms with Crippen LogP contribution in [0.2, 0.25) is 0 Å². The first-order chi connectivity index (χ1) is 18.4. The third kappa shape index (κ3) is 5.97. The summed E-state index contributed by atoms with van der Waals surface area (Å²) in [5, 5.41) is 10.9. The second kappa shape index (κ2) is 11.2. The summed E-state index contributed by atoms with van der Waals surface area (Å²) in [4.78, 5) is 52.5. The number of carbonyl (C=O) groups excluding carboxylic acids is 4. The van der Waals surface area contributed by atoms with Crippen LogP contribution in [0.3, 0.4) is 0 Å². The van der Waals surface area contributed by atoms with Crippen molar-refractivity contribution in [2.24, 2.45) is 0 Å². The third-order valence-electron chi connectivity index (χ3n) is 6.71. The van der Waals surface area contributed by atoms with Crippen molar-refractivity contribution in [3.8, 4) is 0 Å². The van der Waals surface area contributed by atoms with Gasteiger partial charge in [0.05, 0.1) is 5.69 Å². The number of nitrogens with one attached hydrogen (secondary N) is 2. The largest absolute Gasteiger partial charge is 0.452 e. The van der Waals surface area contributed by atoms with Crippen molar-refractivity contribution in [3.63, 3.8) is 0 Å². The minimum Gasteiger partial charge on any atom is -0.361 e. The van der Waals surface area contributed by atoms with E-state index >= 15 is 0 Å². The highest BCUT2D eigenvalue weighted by Gasteiger charge is 2.45. The van der Waals surface area contributed by atoms with Crippen molar-refractivity contribution >= 4 is 44.9 Å². The fourth-order valence-corrected chi connectivity index (χ4v) is 5.75. The number of amides is 3. The molecule has 1 saturated heterocycles. The number of hydrogen-bond donors (Lipinski definition) is 2. The molecule has 0 saturated carbocycles. The summed E-state index contributed by atoms with van der Waals surface area (Å²) in [5.41, 5.74) is 1.05. The lowest BCUT2D eigenvalue weighted by Crippen LogP contribution is -2.56. The summed E-state index contributed by atoms with van der Waals surface area (Å²) in [7, 11) is 0. The van der Waals surface area contributed by atoms with E-state index in [1.165, 1.54) is 23.2 Å². The Balaban J connectivity index is 1.48.